The average Bonchev–Trinajstić information content (AvgIpc) is 3.75. The van der Waals surface area contributed by atoms with E-state index in [1.165, 1.54) is 12.3 Å². The molecule has 0 aromatic carbocycles. The van der Waals surface area contributed by atoms with Gasteiger partial charge in [-0.25, -0.2) is 9.78 Å². The topological polar surface area (TPSA) is 150 Å². The summed E-state index contributed by atoms with van der Waals surface area (Å²) < 4.78 is 46.4. The number of ether oxygens (including phenoxy) is 1. The lowest BCUT2D eigenvalue weighted by atomic mass is 9.72. The van der Waals surface area contributed by atoms with E-state index in [4.69, 9.17) is 16.3 Å². The molecule has 0 saturated carbocycles. The zero-order valence-electron chi connectivity index (χ0n) is 34.9. The van der Waals surface area contributed by atoms with Crippen LogP contribution in [0.3, 0.4) is 0 Å². The molecule has 17 heteroatoms. The number of hydrogen-bond donors (Lipinski definition) is 3. The van der Waals surface area contributed by atoms with Gasteiger partial charge in [-0.05, 0) is 100 Å². The highest BCUT2D eigenvalue weighted by Crippen LogP contribution is 2.48. The van der Waals surface area contributed by atoms with Gasteiger partial charge in [-0.2, -0.15) is 13.2 Å². The van der Waals surface area contributed by atoms with Crippen molar-refractivity contribution in [1.82, 2.24) is 44.9 Å². The number of amides is 3. The number of carbonyl (C=O) groups is 3. The summed E-state index contributed by atoms with van der Waals surface area (Å²) in [5, 5.41) is 6.57. The second-order valence-electron chi connectivity index (χ2n) is 18.6. The quantitative estimate of drug-likeness (QED) is 0.168. The standard InChI is InChI=1S/C24H22F3N5O.C21H23ClN4O3/c1-31-11-23(12-31)10-30-22(33)19-15-5-3-13-8-28-17(7-16(13)20(15)32(2)21(19)23)14-4-6-18(29-9-14)24(25,26)27;1-20(2,3)29-19(28)26-9-21(10-26)8-24-18(27)15-12-5-4-11-7-23-14(22)6-13(11)16(12)25-17(15)21/h4,6-9H,3,5,10-12H2,1-2H3,(H,30,33);6-7,25H,4-5,8-10H2,1-3H3,(H,24,27). The van der Waals surface area contributed by atoms with E-state index in [1.807, 2.05) is 46.1 Å². The largest absolute Gasteiger partial charge is 0.444 e. The van der Waals surface area contributed by atoms with Gasteiger partial charge >= 0.3 is 12.3 Å². The molecular weight excluding hydrogens is 823 g/mol. The number of hydrogen-bond acceptors (Lipinski definition) is 8. The molecule has 6 aliphatic rings. The van der Waals surface area contributed by atoms with Gasteiger partial charge in [0, 0.05) is 93.0 Å². The van der Waals surface area contributed by atoms with Crippen LogP contribution >= 0.6 is 11.6 Å². The molecular formula is C45H45ClF3N9O4. The Bertz CT molecular complexity index is 2720. The van der Waals surface area contributed by atoms with Crippen LogP contribution in [0.25, 0.3) is 33.8 Å². The normalized spacial score (nSPS) is 19.0. The number of halogens is 4. The Morgan fingerprint density at radius 1 is 0.806 bits per heavy atom. The van der Waals surface area contributed by atoms with E-state index in [0.717, 1.165) is 112 Å². The van der Waals surface area contributed by atoms with Crippen LogP contribution < -0.4 is 10.6 Å². The van der Waals surface area contributed by atoms with Gasteiger partial charge in [0.2, 0.25) is 0 Å². The highest BCUT2D eigenvalue weighted by atomic mass is 35.5. The maximum absolute atomic E-state index is 12.9. The molecule has 3 amide bonds. The molecule has 5 aromatic rings. The third-order valence-electron chi connectivity index (χ3n) is 13.1. The predicted molar refractivity (Wildman–Crippen MR) is 224 cm³/mol. The third kappa shape index (κ3) is 6.39. The van der Waals surface area contributed by atoms with Gasteiger partial charge in [0.1, 0.15) is 16.4 Å². The third-order valence-corrected chi connectivity index (χ3v) is 13.4. The summed E-state index contributed by atoms with van der Waals surface area (Å²) in [4.78, 5) is 57.9. The summed E-state index contributed by atoms with van der Waals surface area (Å²) in [7, 11) is 4.10. The number of aromatic amines is 1. The van der Waals surface area contributed by atoms with Crippen LogP contribution in [0.2, 0.25) is 5.15 Å². The lowest BCUT2D eigenvalue weighted by molar-refractivity contribution is -0.141. The summed E-state index contributed by atoms with van der Waals surface area (Å²) in [6.07, 6.45) is 3.13. The van der Waals surface area contributed by atoms with Crippen LogP contribution in [0.5, 0.6) is 0 Å². The Morgan fingerprint density at radius 3 is 2.13 bits per heavy atom. The first kappa shape index (κ1) is 40.3. The minimum absolute atomic E-state index is 0.0216. The Labute approximate surface area is 360 Å². The van der Waals surface area contributed by atoms with Crippen molar-refractivity contribution in [2.75, 3.05) is 46.3 Å². The maximum atomic E-state index is 12.9. The number of likely N-dealkylation sites (N-methyl/N-ethyl adjacent to an activating group) is 1. The summed E-state index contributed by atoms with van der Waals surface area (Å²) >= 11 is 6.14. The van der Waals surface area contributed by atoms with Gasteiger partial charge in [-0.1, -0.05) is 11.6 Å². The maximum Gasteiger partial charge on any atom is 0.433 e. The van der Waals surface area contributed by atoms with Crippen LogP contribution in [0, 0.1) is 0 Å². The lowest BCUT2D eigenvalue weighted by Gasteiger charge is -2.51. The van der Waals surface area contributed by atoms with Crippen molar-refractivity contribution < 1.29 is 32.3 Å². The number of nitrogens with zero attached hydrogens (tertiary/aromatic N) is 6. The van der Waals surface area contributed by atoms with Gasteiger partial charge in [-0.3, -0.25) is 19.6 Å². The minimum atomic E-state index is -4.48. The van der Waals surface area contributed by atoms with Gasteiger partial charge in [-0.15, -0.1) is 0 Å². The van der Waals surface area contributed by atoms with E-state index < -0.39 is 17.5 Å². The molecule has 9 heterocycles. The SMILES string of the molecule is CC(C)(C)OC(=O)N1CC2(CNC(=O)c3c2[nH]c2c3CCc3cnc(Cl)cc3-2)C1.CN1CC2(CNC(=O)c3c4c(n(C)c32)-c2cc(-c3ccc(C(F)(F)F)nc3)ncc2CC4)C1. The first-order valence-electron chi connectivity index (χ1n) is 20.7. The molecule has 5 aromatic heterocycles. The number of nitrogens with one attached hydrogen (secondary N) is 3. The van der Waals surface area contributed by atoms with E-state index >= 15 is 0 Å². The zero-order valence-corrected chi connectivity index (χ0v) is 35.7. The summed E-state index contributed by atoms with van der Waals surface area (Å²) in [6.45, 7) is 9.51. The van der Waals surface area contributed by atoms with Crippen LogP contribution in [0.4, 0.5) is 18.0 Å². The fourth-order valence-corrected chi connectivity index (χ4v) is 10.7. The van der Waals surface area contributed by atoms with E-state index in [-0.39, 0.29) is 28.7 Å². The fourth-order valence-electron chi connectivity index (χ4n) is 10.6. The molecule has 2 spiro atoms. The van der Waals surface area contributed by atoms with Crippen LogP contribution in [0.15, 0.2) is 42.9 Å². The van der Waals surface area contributed by atoms with E-state index in [2.05, 4.69) is 47.1 Å². The molecule has 0 bridgehead atoms. The molecule has 0 atom stereocenters. The van der Waals surface area contributed by atoms with Crippen LogP contribution in [-0.4, -0.2) is 104 Å². The van der Waals surface area contributed by atoms with Crippen molar-refractivity contribution in [2.45, 2.75) is 69.1 Å². The highest BCUT2D eigenvalue weighted by molar-refractivity contribution is 6.29. The summed E-state index contributed by atoms with van der Waals surface area (Å²) in [6, 6.07) is 6.15. The molecule has 62 heavy (non-hydrogen) atoms. The van der Waals surface area contributed by atoms with Crippen LogP contribution in [0.1, 0.15) is 80.8 Å². The van der Waals surface area contributed by atoms with Gasteiger partial charge in [0.15, 0.2) is 0 Å². The number of aromatic nitrogens is 5. The van der Waals surface area contributed by atoms with E-state index in [0.29, 0.717) is 42.6 Å². The van der Waals surface area contributed by atoms with E-state index in [9.17, 15) is 27.6 Å². The number of H-pyrrole nitrogens is 1. The number of fused-ring (bicyclic) bond motifs is 12. The molecule has 0 unspecified atom stereocenters. The average molecular weight is 868 g/mol. The smallest absolute Gasteiger partial charge is 0.433 e. The van der Waals surface area contributed by atoms with Crippen molar-refractivity contribution in [3.63, 3.8) is 0 Å². The van der Waals surface area contributed by atoms with Gasteiger partial charge in [0.05, 0.1) is 39.0 Å². The van der Waals surface area contributed by atoms with Crippen LogP contribution in [-0.2, 0) is 54.5 Å². The number of likely N-dealkylation sites (tertiary alicyclic amines) is 2. The fraction of sp³-hybridized carbons (Fsp3) is 0.422. The summed E-state index contributed by atoms with van der Waals surface area (Å²) in [5.41, 5.74) is 11.0. The van der Waals surface area contributed by atoms with Gasteiger partial charge in [0.25, 0.3) is 11.8 Å². The lowest BCUT2D eigenvalue weighted by Crippen LogP contribution is -2.67. The monoisotopic (exact) mass is 867 g/mol. The molecule has 13 nitrogen and oxygen atoms in total. The second-order valence-corrected chi connectivity index (χ2v) is 19.0. The minimum Gasteiger partial charge on any atom is -0.444 e. The Balaban J connectivity index is 0.000000149. The van der Waals surface area contributed by atoms with Crippen molar-refractivity contribution in [2.24, 2.45) is 7.05 Å². The summed E-state index contributed by atoms with van der Waals surface area (Å²) in [5.74, 6) is -0.0749. The van der Waals surface area contributed by atoms with Crippen molar-refractivity contribution in [1.29, 1.82) is 0 Å². The predicted octanol–water partition coefficient (Wildman–Crippen LogP) is 6.25. The molecule has 2 aliphatic carbocycles. The molecule has 11 rings (SSSR count). The molecule has 4 aliphatic heterocycles. The number of alkyl halides is 3. The number of carbonyl (C=O) groups excluding carboxylic acids is 3. The molecule has 322 valence electrons. The highest BCUT2D eigenvalue weighted by Gasteiger charge is 2.54. The first-order valence-corrected chi connectivity index (χ1v) is 21.1. The molecule has 0 radical (unpaired) electrons. The zero-order chi connectivity index (χ0) is 43.7. The number of aryl methyl sites for hydroxylation is 2. The van der Waals surface area contributed by atoms with Crippen molar-refractivity contribution in [3.05, 3.63) is 98.5 Å². The number of rotatable bonds is 1. The molecule has 2 saturated heterocycles. The second kappa shape index (κ2) is 13.9. The molecule has 3 N–H and O–H groups in total. The van der Waals surface area contributed by atoms with Crippen molar-refractivity contribution in [3.8, 4) is 33.8 Å². The number of pyridine rings is 3. The van der Waals surface area contributed by atoms with Gasteiger partial charge < -0.3 is 34.7 Å². The van der Waals surface area contributed by atoms with E-state index in [1.54, 1.807) is 11.1 Å². The Morgan fingerprint density at radius 2 is 1.47 bits per heavy atom. The molecule has 2 fully saturated rings. The first-order chi connectivity index (χ1) is 29.3. The van der Waals surface area contributed by atoms with Crippen molar-refractivity contribution >= 4 is 29.5 Å². The Hall–Kier alpha value is -5.74. The Kier molecular flexibility index (Phi) is 9.03.